The lowest BCUT2D eigenvalue weighted by Gasteiger charge is -2.18. The molecule has 0 spiro atoms. The van der Waals surface area contributed by atoms with E-state index in [1.165, 1.54) is 18.9 Å². The fraction of sp³-hybridized carbons (Fsp3) is 0.250. The van der Waals surface area contributed by atoms with Crippen molar-refractivity contribution in [1.82, 2.24) is 0 Å². The van der Waals surface area contributed by atoms with Gasteiger partial charge in [-0.3, -0.25) is 4.79 Å². The number of halogens is 1. The molecular formula is C20H21BrN2O2. The molecule has 3 rings (SSSR count). The van der Waals surface area contributed by atoms with Crippen molar-refractivity contribution in [2.45, 2.75) is 12.8 Å². The standard InChI is InChI=1S/C20H21BrN2O2/c1-25-19-9-8-16(21)13-15(19)7-10-20(24)22-17-5-4-6-18(14-17)23-11-2-3-12-23/h4-10,13-14H,2-3,11-12H2,1H3,(H,22,24)/b10-7+. The average molecular weight is 401 g/mol. The number of benzene rings is 2. The van der Waals surface area contributed by atoms with Gasteiger partial charge in [0, 0.05) is 40.6 Å². The summed E-state index contributed by atoms with van der Waals surface area (Å²) in [6.45, 7) is 2.17. The molecule has 1 fully saturated rings. The topological polar surface area (TPSA) is 41.6 Å². The lowest BCUT2D eigenvalue weighted by atomic mass is 10.2. The molecule has 2 aromatic carbocycles. The van der Waals surface area contributed by atoms with Gasteiger partial charge in [0.2, 0.25) is 5.91 Å². The van der Waals surface area contributed by atoms with Crippen molar-refractivity contribution < 1.29 is 9.53 Å². The number of nitrogens with zero attached hydrogens (tertiary/aromatic N) is 1. The lowest BCUT2D eigenvalue weighted by Crippen LogP contribution is -2.17. The van der Waals surface area contributed by atoms with Crippen LogP contribution in [-0.4, -0.2) is 26.1 Å². The summed E-state index contributed by atoms with van der Waals surface area (Å²) in [6.07, 6.45) is 5.73. The fourth-order valence-electron chi connectivity index (χ4n) is 2.94. The second kappa shape index (κ2) is 8.21. The van der Waals surface area contributed by atoms with Gasteiger partial charge in [-0.25, -0.2) is 0 Å². The van der Waals surface area contributed by atoms with Crippen molar-refractivity contribution in [2.24, 2.45) is 0 Å². The van der Waals surface area contributed by atoms with Gasteiger partial charge < -0.3 is 15.0 Å². The fourth-order valence-corrected chi connectivity index (χ4v) is 3.32. The van der Waals surface area contributed by atoms with Crippen LogP contribution in [0.5, 0.6) is 5.75 Å². The van der Waals surface area contributed by atoms with E-state index < -0.39 is 0 Å². The number of anilines is 2. The van der Waals surface area contributed by atoms with Crippen LogP contribution in [0.3, 0.4) is 0 Å². The molecule has 1 heterocycles. The minimum Gasteiger partial charge on any atom is -0.496 e. The van der Waals surface area contributed by atoms with E-state index in [0.717, 1.165) is 40.2 Å². The quantitative estimate of drug-likeness (QED) is 0.738. The summed E-state index contributed by atoms with van der Waals surface area (Å²) in [6, 6.07) is 13.7. The highest BCUT2D eigenvalue weighted by Gasteiger charge is 2.12. The summed E-state index contributed by atoms with van der Waals surface area (Å²) in [5.74, 6) is 0.559. The third-order valence-electron chi connectivity index (χ3n) is 4.19. The maximum atomic E-state index is 12.2. The Morgan fingerprint density at radius 3 is 2.76 bits per heavy atom. The van der Waals surface area contributed by atoms with Gasteiger partial charge in [-0.2, -0.15) is 0 Å². The number of carbonyl (C=O) groups excluding carboxylic acids is 1. The number of rotatable bonds is 5. The van der Waals surface area contributed by atoms with Gasteiger partial charge in [-0.15, -0.1) is 0 Å². The van der Waals surface area contributed by atoms with Crippen LogP contribution in [0.1, 0.15) is 18.4 Å². The first kappa shape index (κ1) is 17.5. The van der Waals surface area contributed by atoms with Gasteiger partial charge in [0.15, 0.2) is 0 Å². The monoisotopic (exact) mass is 400 g/mol. The smallest absolute Gasteiger partial charge is 0.248 e. The molecule has 1 N–H and O–H groups in total. The zero-order valence-electron chi connectivity index (χ0n) is 14.2. The van der Waals surface area contributed by atoms with E-state index in [-0.39, 0.29) is 5.91 Å². The highest BCUT2D eigenvalue weighted by molar-refractivity contribution is 9.10. The molecule has 0 saturated carbocycles. The summed E-state index contributed by atoms with van der Waals surface area (Å²) in [5.41, 5.74) is 2.81. The predicted octanol–water partition coefficient (Wildman–Crippen LogP) is 4.71. The van der Waals surface area contributed by atoms with Crippen molar-refractivity contribution >= 4 is 39.3 Å². The van der Waals surface area contributed by atoms with E-state index in [1.54, 1.807) is 13.2 Å². The molecule has 1 aliphatic rings. The number of hydrogen-bond acceptors (Lipinski definition) is 3. The minimum absolute atomic E-state index is 0.166. The van der Waals surface area contributed by atoms with E-state index in [9.17, 15) is 4.79 Å². The number of ether oxygens (including phenoxy) is 1. The summed E-state index contributed by atoms with van der Waals surface area (Å²) in [5, 5.41) is 2.92. The summed E-state index contributed by atoms with van der Waals surface area (Å²) in [4.78, 5) is 14.6. The van der Waals surface area contributed by atoms with Crippen LogP contribution in [0, 0.1) is 0 Å². The Morgan fingerprint density at radius 1 is 1.20 bits per heavy atom. The van der Waals surface area contributed by atoms with E-state index in [0.29, 0.717) is 0 Å². The second-order valence-electron chi connectivity index (χ2n) is 5.95. The SMILES string of the molecule is COc1ccc(Br)cc1/C=C/C(=O)Nc1cccc(N2CCCC2)c1. The molecule has 0 atom stereocenters. The van der Waals surface area contributed by atoms with E-state index >= 15 is 0 Å². The van der Waals surface area contributed by atoms with Gasteiger partial charge in [0.25, 0.3) is 0 Å². The number of nitrogens with one attached hydrogen (secondary N) is 1. The lowest BCUT2D eigenvalue weighted by molar-refractivity contribution is -0.111. The Hall–Kier alpha value is -2.27. The Balaban J connectivity index is 1.68. The van der Waals surface area contributed by atoms with Crippen LogP contribution < -0.4 is 15.0 Å². The molecule has 0 bridgehead atoms. The normalized spacial score (nSPS) is 14.1. The third-order valence-corrected chi connectivity index (χ3v) is 4.68. The van der Waals surface area contributed by atoms with E-state index in [4.69, 9.17) is 4.74 Å². The first-order chi connectivity index (χ1) is 12.2. The average Bonchev–Trinajstić information content (AvgIpc) is 3.15. The van der Waals surface area contributed by atoms with Gasteiger partial charge in [-0.05, 0) is 55.3 Å². The van der Waals surface area contributed by atoms with Crippen molar-refractivity contribution in [3.8, 4) is 5.75 Å². The number of carbonyl (C=O) groups is 1. The molecule has 0 aliphatic carbocycles. The summed E-state index contributed by atoms with van der Waals surface area (Å²) >= 11 is 3.43. The molecule has 1 amide bonds. The van der Waals surface area contributed by atoms with Crippen molar-refractivity contribution in [3.63, 3.8) is 0 Å². The second-order valence-corrected chi connectivity index (χ2v) is 6.87. The molecular weight excluding hydrogens is 380 g/mol. The van der Waals surface area contributed by atoms with Gasteiger partial charge in [0.1, 0.15) is 5.75 Å². The number of methoxy groups -OCH3 is 1. The number of hydrogen-bond donors (Lipinski definition) is 1. The first-order valence-corrected chi connectivity index (χ1v) is 9.12. The Morgan fingerprint density at radius 2 is 2.00 bits per heavy atom. The zero-order chi connectivity index (χ0) is 17.6. The van der Waals surface area contributed by atoms with Crippen LogP contribution in [0.15, 0.2) is 53.0 Å². The van der Waals surface area contributed by atoms with Gasteiger partial charge >= 0.3 is 0 Å². The van der Waals surface area contributed by atoms with Crippen LogP contribution >= 0.6 is 15.9 Å². The molecule has 130 valence electrons. The van der Waals surface area contributed by atoms with Gasteiger partial charge in [-0.1, -0.05) is 22.0 Å². The molecule has 2 aromatic rings. The van der Waals surface area contributed by atoms with Crippen LogP contribution in [0.25, 0.3) is 6.08 Å². The van der Waals surface area contributed by atoms with Crippen molar-refractivity contribution in [3.05, 3.63) is 58.6 Å². The zero-order valence-corrected chi connectivity index (χ0v) is 15.8. The highest BCUT2D eigenvalue weighted by Crippen LogP contribution is 2.25. The Bertz CT molecular complexity index is 783. The largest absolute Gasteiger partial charge is 0.496 e. The molecule has 5 heteroatoms. The molecule has 4 nitrogen and oxygen atoms in total. The van der Waals surface area contributed by atoms with Crippen molar-refractivity contribution in [1.29, 1.82) is 0 Å². The van der Waals surface area contributed by atoms with Crippen LogP contribution in [-0.2, 0) is 4.79 Å². The van der Waals surface area contributed by atoms with Crippen molar-refractivity contribution in [2.75, 3.05) is 30.4 Å². The molecule has 0 unspecified atom stereocenters. The van der Waals surface area contributed by atoms with Crippen LogP contribution in [0.4, 0.5) is 11.4 Å². The summed E-state index contributed by atoms with van der Waals surface area (Å²) in [7, 11) is 1.62. The van der Waals surface area contributed by atoms with Crippen LogP contribution in [0.2, 0.25) is 0 Å². The Kier molecular flexibility index (Phi) is 5.76. The third kappa shape index (κ3) is 4.63. The molecule has 0 aromatic heterocycles. The molecule has 1 saturated heterocycles. The molecule has 0 radical (unpaired) electrons. The maximum Gasteiger partial charge on any atom is 0.248 e. The minimum atomic E-state index is -0.166. The first-order valence-electron chi connectivity index (χ1n) is 8.33. The molecule has 25 heavy (non-hydrogen) atoms. The highest BCUT2D eigenvalue weighted by atomic mass is 79.9. The van der Waals surface area contributed by atoms with Gasteiger partial charge in [0.05, 0.1) is 7.11 Å². The number of amides is 1. The maximum absolute atomic E-state index is 12.2. The summed E-state index contributed by atoms with van der Waals surface area (Å²) < 4.78 is 6.25. The Labute approximate surface area is 156 Å². The predicted molar refractivity (Wildman–Crippen MR) is 106 cm³/mol. The molecule has 1 aliphatic heterocycles. The van der Waals surface area contributed by atoms with E-state index in [2.05, 4.69) is 32.2 Å². The van der Waals surface area contributed by atoms with E-state index in [1.807, 2.05) is 36.4 Å².